The lowest BCUT2D eigenvalue weighted by molar-refractivity contribution is -0.117. The van der Waals surface area contributed by atoms with Crippen LogP contribution in [0.2, 0.25) is 5.02 Å². The lowest BCUT2D eigenvalue weighted by Gasteiger charge is -2.22. The molecule has 2 aromatic carbocycles. The summed E-state index contributed by atoms with van der Waals surface area (Å²) >= 11 is 6.04. The maximum Gasteiger partial charge on any atom is 0.408 e. The molecule has 2 amide bonds. The van der Waals surface area contributed by atoms with Crippen LogP contribution >= 0.6 is 11.6 Å². The molecule has 0 spiro atoms. The smallest absolute Gasteiger partial charge is 0.408 e. The maximum atomic E-state index is 12.8. The number of benzene rings is 2. The van der Waals surface area contributed by atoms with Crippen molar-refractivity contribution in [3.8, 4) is 0 Å². The number of anilines is 1. The third kappa shape index (κ3) is 6.09. The zero-order chi connectivity index (χ0) is 20.9. The third-order valence-electron chi connectivity index (χ3n) is 3.65. The van der Waals surface area contributed by atoms with E-state index < -0.39 is 23.6 Å². The molecule has 0 bridgehead atoms. The Morgan fingerprint density at radius 1 is 1.04 bits per heavy atom. The maximum absolute atomic E-state index is 12.8. The highest BCUT2D eigenvalue weighted by Gasteiger charge is 2.22. The molecule has 0 aliphatic rings. The second kappa shape index (κ2) is 8.89. The van der Waals surface area contributed by atoms with Crippen molar-refractivity contribution in [3.63, 3.8) is 0 Å². The molecule has 0 aliphatic heterocycles. The number of amides is 2. The number of carbonyl (C=O) groups excluding carboxylic acids is 3. The van der Waals surface area contributed by atoms with Crippen molar-refractivity contribution in [2.24, 2.45) is 0 Å². The topological polar surface area (TPSA) is 84.5 Å². The summed E-state index contributed by atoms with van der Waals surface area (Å²) in [6.45, 7) is 6.71. The Bertz CT molecular complexity index is 876. The summed E-state index contributed by atoms with van der Waals surface area (Å²) in [4.78, 5) is 37.1. The van der Waals surface area contributed by atoms with Crippen LogP contribution in [0.3, 0.4) is 0 Å². The fourth-order valence-electron chi connectivity index (χ4n) is 2.35. The molecule has 0 aromatic heterocycles. The van der Waals surface area contributed by atoms with Gasteiger partial charge in [-0.1, -0.05) is 41.9 Å². The zero-order valence-corrected chi connectivity index (χ0v) is 17.0. The van der Waals surface area contributed by atoms with E-state index in [2.05, 4.69) is 10.6 Å². The molecular weight excluding hydrogens is 380 g/mol. The molecule has 148 valence electrons. The van der Waals surface area contributed by atoms with Crippen molar-refractivity contribution in [2.75, 3.05) is 5.32 Å². The summed E-state index contributed by atoms with van der Waals surface area (Å²) in [6.07, 6.45) is -0.702. The van der Waals surface area contributed by atoms with Gasteiger partial charge >= 0.3 is 6.09 Å². The summed E-state index contributed by atoms with van der Waals surface area (Å²) in [5, 5.41) is 5.50. The van der Waals surface area contributed by atoms with Crippen LogP contribution < -0.4 is 10.6 Å². The Morgan fingerprint density at radius 2 is 1.68 bits per heavy atom. The van der Waals surface area contributed by atoms with Crippen molar-refractivity contribution in [1.29, 1.82) is 0 Å². The number of rotatable bonds is 5. The molecule has 2 aromatic rings. The molecule has 28 heavy (non-hydrogen) atoms. The number of nitrogens with one attached hydrogen (secondary N) is 2. The van der Waals surface area contributed by atoms with E-state index in [0.717, 1.165) is 0 Å². The highest BCUT2D eigenvalue weighted by atomic mass is 35.5. The highest BCUT2D eigenvalue weighted by molar-refractivity contribution is 6.31. The number of alkyl carbamates (subject to hydrolysis) is 1. The number of ketones is 1. The molecule has 2 rings (SSSR count). The van der Waals surface area contributed by atoms with Gasteiger partial charge in [-0.15, -0.1) is 0 Å². The number of ether oxygens (including phenoxy) is 1. The van der Waals surface area contributed by atoms with E-state index in [0.29, 0.717) is 16.3 Å². The van der Waals surface area contributed by atoms with E-state index in [9.17, 15) is 14.4 Å². The van der Waals surface area contributed by atoms with Gasteiger partial charge in [0.1, 0.15) is 11.6 Å². The Balaban J connectivity index is 2.16. The minimum absolute atomic E-state index is 0.261. The van der Waals surface area contributed by atoms with E-state index in [-0.39, 0.29) is 11.3 Å². The number of halogens is 1. The number of hydrogen-bond donors (Lipinski definition) is 2. The van der Waals surface area contributed by atoms with E-state index in [1.165, 1.54) is 13.0 Å². The Morgan fingerprint density at radius 3 is 2.29 bits per heavy atom. The van der Waals surface area contributed by atoms with E-state index >= 15 is 0 Å². The largest absolute Gasteiger partial charge is 0.444 e. The molecule has 0 saturated heterocycles. The van der Waals surface area contributed by atoms with Gasteiger partial charge in [0.25, 0.3) is 0 Å². The van der Waals surface area contributed by atoms with E-state index in [1.807, 2.05) is 6.07 Å². The van der Waals surface area contributed by atoms with Gasteiger partial charge in [-0.3, -0.25) is 9.59 Å². The fourth-order valence-corrected chi connectivity index (χ4v) is 2.52. The van der Waals surface area contributed by atoms with Crippen LogP contribution in [0.25, 0.3) is 0 Å². The van der Waals surface area contributed by atoms with Crippen LogP contribution in [0.1, 0.15) is 43.6 Å². The van der Waals surface area contributed by atoms with E-state index in [4.69, 9.17) is 16.3 Å². The van der Waals surface area contributed by atoms with Gasteiger partial charge in [-0.25, -0.2) is 4.79 Å². The molecule has 1 atom stereocenters. The van der Waals surface area contributed by atoms with Crippen LogP contribution in [-0.4, -0.2) is 29.4 Å². The first-order valence-electron chi connectivity index (χ1n) is 8.76. The van der Waals surface area contributed by atoms with Crippen LogP contribution in [0, 0.1) is 0 Å². The lowest BCUT2D eigenvalue weighted by Crippen LogP contribution is -2.44. The Hall–Kier alpha value is -2.86. The molecule has 0 unspecified atom stereocenters. The van der Waals surface area contributed by atoms with Gasteiger partial charge in [0.2, 0.25) is 5.91 Å². The van der Waals surface area contributed by atoms with Gasteiger partial charge in [0.05, 0.1) is 5.69 Å². The highest BCUT2D eigenvalue weighted by Crippen LogP contribution is 2.24. The lowest BCUT2D eigenvalue weighted by atomic mass is 10.0. The standard InChI is InChI=1S/C21H23ClN2O4/c1-13(23-20(27)28-21(2,3)4)19(26)24-17-11-10-15(22)12-16(17)18(25)14-8-6-5-7-9-14/h5-13H,1-4H3,(H,23,27)(H,24,26)/t13-/m1/s1. The van der Waals surface area contributed by atoms with Gasteiger partial charge in [0.15, 0.2) is 5.78 Å². The summed E-state index contributed by atoms with van der Waals surface area (Å²) in [5.74, 6) is -0.763. The van der Waals surface area contributed by atoms with Crippen molar-refractivity contribution in [2.45, 2.75) is 39.3 Å². The van der Waals surface area contributed by atoms with Crippen LogP contribution in [0.15, 0.2) is 48.5 Å². The van der Waals surface area contributed by atoms with Crippen LogP contribution in [0.5, 0.6) is 0 Å². The van der Waals surface area contributed by atoms with Crippen molar-refractivity contribution in [1.82, 2.24) is 5.32 Å². The van der Waals surface area contributed by atoms with Gasteiger partial charge in [0, 0.05) is 16.1 Å². The number of carbonyl (C=O) groups is 3. The van der Waals surface area contributed by atoms with Gasteiger partial charge < -0.3 is 15.4 Å². The monoisotopic (exact) mass is 402 g/mol. The fraction of sp³-hybridized carbons (Fsp3) is 0.286. The van der Waals surface area contributed by atoms with Crippen molar-refractivity contribution >= 4 is 35.1 Å². The first kappa shape index (κ1) is 21.4. The zero-order valence-electron chi connectivity index (χ0n) is 16.2. The molecule has 0 radical (unpaired) electrons. The molecule has 7 heteroatoms. The second-order valence-electron chi connectivity index (χ2n) is 7.24. The molecule has 2 N–H and O–H groups in total. The van der Waals surface area contributed by atoms with Crippen LogP contribution in [0.4, 0.5) is 10.5 Å². The third-order valence-corrected chi connectivity index (χ3v) is 3.88. The summed E-state index contributed by atoms with van der Waals surface area (Å²) < 4.78 is 5.14. The van der Waals surface area contributed by atoms with Crippen LogP contribution in [-0.2, 0) is 9.53 Å². The van der Waals surface area contributed by atoms with E-state index in [1.54, 1.807) is 57.2 Å². The minimum atomic E-state index is -0.870. The predicted octanol–water partition coefficient (Wildman–Crippen LogP) is 4.42. The average molecular weight is 403 g/mol. The predicted molar refractivity (Wildman–Crippen MR) is 109 cm³/mol. The summed E-state index contributed by atoms with van der Waals surface area (Å²) in [5.41, 5.74) is 0.365. The Labute approximate surface area is 169 Å². The minimum Gasteiger partial charge on any atom is -0.444 e. The van der Waals surface area contributed by atoms with Gasteiger partial charge in [-0.05, 0) is 45.9 Å². The summed E-state index contributed by atoms with van der Waals surface area (Å²) in [7, 11) is 0. The molecule has 0 fully saturated rings. The number of hydrogen-bond acceptors (Lipinski definition) is 4. The average Bonchev–Trinajstić information content (AvgIpc) is 2.61. The Kier molecular flexibility index (Phi) is 6.80. The molecule has 0 aliphatic carbocycles. The second-order valence-corrected chi connectivity index (χ2v) is 7.68. The molecular formula is C21H23ClN2O4. The van der Waals surface area contributed by atoms with Crippen molar-refractivity contribution < 1.29 is 19.1 Å². The quantitative estimate of drug-likeness (QED) is 0.725. The molecule has 0 heterocycles. The molecule has 0 saturated carbocycles. The van der Waals surface area contributed by atoms with Gasteiger partial charge in [-0.2, -0.15) is 0 Å². The SMILES string of the molecule is C[C@@H](NC(=O)OC(C)(C)C)C(=O)Nc1ccc(Cl)cc1C(=O)c1ccccc1. The normalized spacial score (nSPS) is 12.0. The first-order chi connectivity index (χ1) is 13.1. The summed E-state index contributed by atoms with van der Waals surface area (Å²) in [6, 6.07) is 12.4. The first-order valence-corrected chi connectivity index (χ1v) is 9.14. The molecule has 6 nitrogen and oxygen atoms in total. The van der Waals surface area contributed by atoms with Crippen molar-refractivity contribution in [3.05, 3.63) is 64.7 Å².